The molecule has 0 unspecified atom stereocenters. The molecule has 2 radical (unpaired) electrons. The Kier molecular flexibility index (Phi) is 2.34. The Morgan fingerprint density at radius 3 is 2.33 bits per heavy atom. The smallest absolute Gasteiger partial charge is 0.107 e. The van der Waals surface area contributed by atoms with E-state index in [2.05, 4.69) is 6.58 Å². The number of hydrogen-bond donors (Lipinski definition) is 0. The van der Waals surface area contributed by atoms with Gasteiger partial charge in [-0.15, -0.1) is 12.1 Å². The lowest BCUT2D eigenvalue weighted by molar-refractivity contribution is 0.0776. The van der Waals surface area contributed by atoms with Crippen LogP contribution < -0.4 is 0 Å². The van der Waals surface area contributed by atoms with Gasteiger partial charge in [0, 0.05) is 13.2 Å². The molecule has 0 bridgehead atoms. The van der Waals surface area contributed by atoms with E-state index in [1.807, 2.05) is 0 Å². The first-order chi connectivity index (χ1) is 4.30. The SMILES string of the molecule is [B]C(=C)C1CCOCC1. The van der Waals surface area contributed by atoms with Crippen molar-refractivity contribution in [2.45, 2.75) is 12.8 Å². The predicted molar refractivity (Wildman–Crippen MR) is 38.4 cm³/mol. The summed E-state index contributed by atoms with van der Waals surface area (Å²) in [6, 6.07) is 0. The molecule has 1 saturated heterocycles. The van der Waals surface area contributed by atoms with Gasteiger partial charge in [0.2, 0.25) is 0 Å². The minimum atomic E-state index is 0.513. The fourth-order valence-corrected chi connectivity index (χ4v) is 1.07. The van der Waals surface area contributed by atoms with Gasteiger partial charge in [-0.05, 0) is 18.8 Å². The van der Waals surface area contributed by atoms with E-state index in [9.17, 15) is 0 Å². The van der Waals surface area contributed by atoms with Gasteiger partial charge in [-0.1, -0.05) is 0 Å². The van der Waals surface area contributed by atoms with Crippen molar-refractivity contribution in [2.24, 2.45) is 5.92 Å². The third-order valence-corrected chi connectivity index (χ3v) is 1.75. The van der Waals surface area contributed by atoms with Gasteiger partial charge in [-0.25, -0.2) is 0 Å². The third-order valence-electron chi connectivity index (χ3n) is 1.75. The normalized spacial score (nSPS) is 21.8. The maximum atomic E-state index is 5.52. The van der Waals surface area contributed by atoms with Gasteiger partial charge in [-0.3, -0.25) is 0 Å². The molecule has 1 fully saturated rings. The van der Waals surface area contributed by atoms with E-state index in [0.29, 0.717) is 5.92 Å². The molecular formula is C7H11BO. The van der Waals surface area contributed by atoms with E-state index in [1.165, 1.54) is 0 Å². The van der Waals surface area contributed by atoms with Crippen LogP contribution in [0.25, 0.3) is 0 Å². The molecule has 0 aromatic carbocycles. The molecule has 0 saturated carbocycles. The molecular weight excluding hydrogens is 111 g/mol. The molecule has 0 aromatic rings. The molecule has 2 heteroatoms. The highest BCUT2D eigenvalue weighted by molar-refractivity contribution is 6.21. The largest absolute Gasteiger partial charge is 0.381 e. The molecule has 0 aliphatic carbocycles. The third kappa shape index (κ3) is 1.86. The summed E-state index contributed by atoms with van der Waals surface area (Å²) in [4.78, 5) is 0. The fraction of sp³-hybridized carbons (Fsp3) is 0.714. The van der Waals surface area contributed by atoms with Crippen molar-refractivity contribution >= 4 is 7.85 Å². The first-order valence-electron chi connectivity index (χ1n) is 3.32. The summed E-state index contributed by atoms with van der Waals surface area (Å²) in [5.74, 6) is 0.513. The zero-order valence-electron chi connectivity index (χ0n) is 5.60. The molecule has 1 aliphatic heterocycles. The average Bonchev–Trinajstić information content (AvgIpc) is 1.90. The van der Waals surface area contributed by atoms with E-state index >= 15 is 0 Å². The van der Waals surface area contributed by atoms with Crippen LogP contribution in [0.3, 0.4) is 0 Å². The molecule has 0 aromatic heterocycles. The maximum absolute atomic E-state index is 5.52. The molecule has 0 N–H and O–H groups in total. The number of rotatable bonds is 1. The Hall–Kier alpha value is -0.235. The molecule has 1 nitrogen and oxygen atoms in total. The van der Waals surface area contributed by atoms with Crippen LogP contribution in [0.2, 0.25) is 0 Å². The van der Waals surface area contributed by atoms with Crippen molar-refractivity contribution < 1.29 is 4.74 Å². The second-order valence-corrected chi connectivity index (χ2v) is 2.46. The summed E-state index contributed by atoms with van der Waals surface area (Å²) >= 11 is 0. The van der Waals surface area contributed by atoms with Gasteiger partial charge in [0.15, 0.2) is 0 Å². The monoisotopic (exact) mass is 122 g/mol. The second-order valence-electron chi connectivity index (χ2n) is 2.46. The average molecular weight is 122 g/mol. The zero-order chi connectivity index (χ0) is 6.69. The van der Waals surface area contributed by atoms with Crippen molar-refractivity contribution in [3.8, 4) is 0 Å². The van der Waals surface area contributed by atoms with Crippen LogP contribution in [0.15, 0.2) is 12.1 Å². The molecule has 48 valence electrons. The Balaban J connectivity index is 2.31. The molecule has 9 heavy (non-hydrogen) atoms. The van der Waals surface area contributed by atoms with Crippen LogP contribution >= 0.6 is 0 Å². The topological polar surface area (TPSA) is 9.23 Å². The van der Waals surface area contributed by atoms with Gasteiger partial charge < -0.3 is 4.74 Å². The maximum Gasteiger partial charge on any atom is 0.107 e. The Morgan fingerprint density at radius 1 is 1.44 bits per heavy atom. The number of hydrogen-bond acceptors (Lipinski definition) is 1. The van der Waals surface area contributed by atoms with Crippen molar-refractivity contribution in [1.29, 1.82) is 0 Å². The first-order valence-corrected chi connectivity index (χ1v) is 3.32. The van der Waals surface area contributed by atoms with Crippen molar-refractivity contribution in [3.63, 3.8) is 0 Å². The number of ether oxygens (including phenoxy) is 1. The van der Waals surface area contributed by atoms with Crippen LogP contribution in [0.1, 0.15) is 12.8 Å². The first kappa shape index (κ1) is 6.88. The quantitative estimate of drug-likeness (QED) is 0.473. The molecule has 1 aliphatic rings. The summed E-state index contributed by atoms with van der Waals surface area (Å²) in [5, 5.41) is 0. The highest BCUT2D eigenvalue weighted by Crippen LogP contribution is 2.19. The summed E-state index contributed by atoms with van der Waals surface area (Å²) in [5.41, 5.74) is 0.818. The lowest BCUT2D eigenvalue weighted by Crippen LogP contribution is -2.16. The van der Waals surface area contributed by atoms with Crippen LogP contribution in [0, 0.1) is 5.92 Å². The van der Waals surface area contributed by atoms with Crippen molar-refractivity contribution in [1.82, 2.24) is 0 Å². The zero-order valence-corrected chi connectivity index (χ0v) is 5.60. The highest BCUT2D eigenvalue weighted by atomic mass is 16.5. The molecule has 0 atom stereocenters. The van der Waals surface area contributed by atoms with E-state index in [-0.39, 0.29) is 0 Å². The fourth-order valence-electron chi connectivity index (χ4n) is 1.07. The molecule has 1 heterocycles. The van der Waals surface area contributed by atoms with Crippen LogP contribution in [-0.4, -0.2) is 21.1 Å². The van der Waals surface area contributed by atoms with Gasteiger partial charge >= 0.3 is 0 Å². The molecule has 1 rings (SSSR count). The summed E-state index contributed by atoms with van der Waals surface area (Å²) in [7, 11) is 5.52. The summed E-state index contributed by atoms with van der Waals surface area (Å²) < 4.78 is 5.15. The van der Waals surface area contributed by atoms with Crippen LogP contribution in [0.4, 0.5) is 0 Å². The van der Waals surface area contributed by atoms with Gasteiger partial charge in [0.1, 0.15) is 7.85 Å². The lowest BCUT2D eigenvalue weighted by atomic mass is 9.81. The second kappa shape index (κ2) is 3.07. The van der Waals surface area contributed by atoms with Crippen molar-refractivity contribution in [2.75, 3.05) is 13.2 Å². The Labute approximate surface area is 57.5 Å². The minimum Gasteiger partial charge on any atom is -0.381 e. The number of allylic oxidation sites excluding steroid dienone is 1. The summed E-state index contributed by atoms with van der Waals surface area (Å²) in [6.45, 7) is 5.40. The predicted octanol–water partition coefficient (Wildman–Crippen LogP) is 1.10. The van der Waals surface area contributed by atoms with E-state index < -0.39 is 0 Å². The Morgan fingerprint density at radius 2 is 2.00 bits per heavy atom. The molecule has 0 amide bonds. The molecule has 0 spiro atoms. The van der Waals surface area contributed by atoms with Crippen molar-refractivity contribution in [3.05, 3.63) is 12.1 Å². The highest BCUT2D eigenvalue weighted by Gasteiger charge is 2.12. The summed E-state index contributed by atoms with van der Waals surface area (Å²) in [6.07, 6.45) is 2.10. The van der Waals surface area contributed by atoms with Gasteiger partial charge in [0.05, 0.1) is 0 Å². The van der Waals surface area contributed by atoms with Crippen LogP contribution in [0.5, 0.6) is 0 Å². The lowest BCUT2D eigenvalue weighted by Gasteiger charge is -2.22. The Bertz CT molecular complexity index is 105. The van der Waals surface area contributed by atoms with E-state index in [4.69, 9.17) is 12.6 Å². The van der Waals surface area contributed by atoms with E-state index in [1.54, 1.807) is 0 Å². The minimum absolute atomic E-state index is 0.513. The van der Waals surface area contributed by atoms with E-state index in [0.717, 1.165) is 31.5 Å². The van der Waals surface area contributed by atoms with Gasteiger partial charge in [-0.2, -0.15) is 0 Å². The van der Waals surface area contributed by atoms with Crippen LogP contribution in [-0.2, 0) is 4.74 Å². The standard InChI is InChI=1S/C7H11BO/c1-6(8)7-2-4-9-5-3-7/h7H,1-5H2. The van der Waals surface area contributed by atoms with Gasteiger partial charge in [0.25, 0.3) is 0 Å².